The molecule has 2 aromatic heterocycles. The van der Waals surface area contributed by atoms with Crippen LogP contribution in [0.1, 0.15) is 4.88 Å². The van der Waals surface area contributed by atoms with Crippen LogP contribution in [-0.2, 0) is 4.79 Å². The summed E-state index contributed by atoms with van der Waals surface area (Å²) in [6.45, 7) is 0.0504. The number of hydrogen-bond donors (Lipinski definition) is 1. The summed E-state index contributed by atoms with van der Waals surface area (Å²) in [6.07, 6.45) is 1.82. The van der Waals surface area contributed by atoms with Gasteiger partial charge >= 0.3 is 0 Å². The molecule has 0 saturated heterocycles. The van der Waals surface area contributed by atoms with Crippen LogP contribution in [0.5, 0.6) is 5.75 Å². The molecule has 126 valence electrons. The number of aromatic nitrogens is 1. The van der Waals surface area contributed by atoms with E-state index in [1.807, 2.05) is 47.3 Å². The number of carbonyl (C=O) groups excluding carboxylic acids is 1. The number of benzene rings is 1. The number of thiophene rings is 1. The molecule has 0 spiro atoms. The number of thiazole rings is 1. The second-order valence-electron chi connectivity index (χ2n) is 5.25. The number of nitrogens with zero attached hydrogens (tertiary/aromatic N) is 3. The SMILES string of the molecule is CN=c1scc(-c2ccc3c(c2)NC(=O)CO3)n1/N=C\c1cccs1. The van der Waals surface area contributed by atoms with Crippen molar-refractivity contribution in [1.29, 1.82) is 0 Å². The largest absolute Gasteiger partial charge is 0.482 e. The molecule has 0 bridgehead atoms. The van der Waals surface area contributed by atoms with Crippen molar-refractivity contribution in [3.05, 3.63) is 50.8 Å². The highest BCUT2D eigenvalue weighted by atomic mass is 32.1. The molecule has 0 saturated carbocycles. The van der Waals surface area contributed by atoms with Gasteiger partial charge in [-0.3, -0.25) is 9.79 Å². The third-order valence-corrected chi connectivity index (χ3v) is 5.34. The van der Waals surface area contributed by atoms with Crippen LogP contribution in [0.25, 0.3) is 11.3 Å². The molecule has 0 atom stereocenters. The molecule has 3 heterocycles. The number of anilines is 1. The van der Waals surface area contributed by atoms with Crippen molar-refractivity contribution in [2.24, 2.45) is 10.1 Å². The highest BCUT2D eigenvalue weighted by Crippen LogP contribution is 2.32. The number of carbonyl (C=O) groups is 1. The van der Waals surface area contributed by atoms with E-state index in [-0.39, 0.29) is 12.5 Å². The molecule has 1 aliphatic heterocycles. The first-order valence-electron chi connectivity index (χ1n) is 7.53. The number of fused-ring (bicyclic) bond motifs is 1. The first-order chi connectivity index (χ1) is 12.2. The topological polar surface area (TPSA) is 68.0 Å². The molecule has 0 unspecified atom stereocenters. The molecule has 1 N–H and O–H groups in total. The second-order valence-corrected chi connectivity index (χ2v) is 7.06. The van der Waals surface area contributed by atoms with E-state index < -0.39 is 0 Å². The van der Waals surface area contributed by atoms with Crippen molar-refractivity contribution in [3.63, 3.8) is 0 Å². The lowest BCUT2D eigenvalue weighted by atomic mass is 10.1. The van der Waals surface area contributed by atoms with Crippen LogP contribution in [0.15, 0.2) is 51.2 Å². The van der Waals surface area contributed by atoms with E-state index in [1.54, 1.807) is 23.1 Å². The van der Waals surface area contributed by atoms with E-state index in [0.717, 1.165) is 20.9 Å². The van der Waals surface area contributed by atoms with Crippen LogP contribution in [0, 0.1) is 0 Å². The van der Waals surface area contributed by atoms with Gasteiger partial charge in [0.05, 0.1) is 17.6 Å². The summed E-state index contributed by atoms with van der Waals surface area (Å²) in [6, 6.07) is 9.70. The Bertz CT molecular complexity index is 1020. The Labute approximate surface area is 151 Å². The summed E-state index contributed by atoms with van der Waals surface area (Å²) in [5, 5.41) is 11.4. The molecule has 1 aliphatic rings. The van der Waals surface area contributed by atoms with E-state index in [1.165, 1.54) is 11.3 Å². The number of nitrogens with one attached hydrogen (secondary N) is 1. The summed E-state index contributed by atoms with van der Waals surface area (Å²) in [5.41, 5.74) is 2.50. The minimum atomic E-state index is -0.150. The quantitative estimate of drug-likeness (QED) is 0.720. The molecular weight excluding hydrogens is 356 g/mol. The fourth-order valence-corrected chi connectivity index (χ4v) is 3.87. The minimum Gasteiger partial charge on any atom is -0.482 e. The van der Waals surface area contributed by atoms with Crippen molar-refractivity contribution >= 4 is 40.5 Å². The molecule has 0 radical (unpaired) electrons. The van der Waals surface area contributed by atoms with Crippen LogP contribution in [0.4, 0.5) is 5.69 Å². The fraction of sp³-hybridized carbons (Fsp3) is 0.118. The fourth-order valence-electron chi connectivity index (χ4n) is 2.48. The Balaban J connectivity index is 1.77. The molecule has 0 fully saturated rings. The Hall–Kier alpha value is -2.71. The first kappa shape index (κ1) is 15.8. The third-order valence-electron chi connectivity index (χ3n) is 3.63. The van der Waals surface area contributed by atoms with E-state index >= 15 is 0 Å². The second kappa shape index (κ2) is 6.66. The highest BCUT2D eigenvalue weighted by molar-refractivity contribution is 7.11. The molecule has 0 aliphatic carbocycles. The molecule has 4 rings (SSSR count). The zero-order chi connectivity index (χ0) is 17.2. The number of rotatable bonds is 3. The lowest BCUT2D eigenvalue weighted by molar-refractivity contribution is -0.118. The van der Waals surface area contributed by atoms with E-state index in [0.29, 0.717) is 11.4 Å². The molecule has 1 amide bonds. The molecule has 8 heteroatoms. The van der Waals surface area contributed by atoms with Gasteiger partial charge in [-0.1, -0.05) is 6.07 Å². The van der Waals surface area contributed by atoms with Gasteiger partial charge in [-0.25, -0.2) is 4.68 Å². The molecular formula is C17H14N4O2S2. The number of ether oxygens (including phenoxy) is 1. The number of hydrogen-bond acceptors (Lipinski definition) is 6. The maximum Gasteiger partial charge on any atom is 0.262 e. The van der Waals surface area contributed by atoms with Crippen LogP contribution in [-0.4, -0.2) is 30.5 Å². The van der Waals surface area contributed by atoms with Crippen molar-refractivity contribution in [2.75, 3.05) is 19.0 Å². The smallest absolute Gasteiger partial charge is 0.262 e. The van der Waals surface area contributed by atoms with Crippen molar-refractivity contribution in [1.82, 2.24) is 4.68 Å². The normalized spacial score (nSPS) is 14.4. The highest BCUT2D eigenvalue weighted by Gasteiger charge is 2.17. The maximum atomic E-state index is 11.5. The monoisotopic (exact) mass is 370 g/mol. The molecule has 1 aromatic carbocycles. The Morgan fingerprint density at radius 1 is 1.32 bits per heavy atom. The van der Waals surface area contributed by atoms with E-state index in [9.17, 15) is 4.79 Å². The van der Waals surface area contributed by atoms with Gasteiger partial charge in [-0.05, 0) is 29.6 Å². The van der Waals surface area contributed by atoms with Crippen LogP contribution in [0.2, 0.25) is 0 Å². The summed E-state index contributed by atoms with van der Waals surface area (Å²) in [7, 11) is 1.74. The van der Waals surface area contributed by atoms with Crippen LogP contribution in [0.3, 0.4) is 0 Å². The van der Waals surface area contributed by atoms with Gasteiger partial charge in [0.1, 0.15) is 5.75 Å². The van der Waals surface area contributed by atoms with E-state index in [2.05, 4.69) is 15.4 Å². The van der Waals surface area contributed by atoms with Crippen molar-refractivity contribution in [2.45, 2.75) is 0 Å². The van der Waals surface area contributed by atoms with Gasteiger partial charge in [-0.2, -0.15) is 5.10 Å². The third kappa shape index (κ3) is 3.13. The number of amides is 1. The van der Waals surface area contributed by atoms with Crippen molar-refractivity contribution < 1.29 is 9.53 Å². The van der Waals surface area contributed by atoms with Gasteiger partial charge in [-0.15, -0.1) is 22.7 Å². The Kier molecular flexibility index (Phi) is 4.21. The van der Waals surface area contributed by atoms with E-state index in [4.69, 9.17) is 4.74 Å². The van der Waals surface area contributed by atoms with Gasteiger partial charge < -0.3 is 10.1 Å². The van der Waals surface area contributed by atoms with Gasteiger partial charge in [0, 0.05) is 22.9 Å². The maximum absolute atomic E-state index is 11.5. The molecule has 6 nitrogen and oxygen atoms in total. The predicted molar refractivity (Wildman–Crippen MR) is 101 cm³/mol. The van der Waals surface area contributed by atoms with Crippen molar-refractivity contribution in [3.8, 4) is 17.0 Å². The van der Waals surface area contributed by atoms with Crippen LogP contribution < -0.4 is 14.9 Å². The standard InChI is InChI=1S/C17H14N4O2S2/c1-18-17-21(19-8-12-3-2-6-24-12)14(10-25-17)11-4-5-15-13(7-11)20-16(22)9-23-15/h2-8,10H,9H2,1H3,(H,20,22)/b18-17?,19-8-. The predicted octanol–water partition coefficient (Wildman–Crippen LogP) is 3.02. The van der Waals surface area contributed by atoms with Gasteiger partial charge in [0.25, 0.3) is 5.91 Å². The lowest BCUT2D eigenvalue weighted by Gasteiger charge is -2.18. The lowest BCUT2D eigenvalue weighted by Crippen LogP contribution is -2.25. The zero-order valence-electron chi connectivity index (χ0n) is 13.3. The Morgan fingerprint density at radius 2 is 2.24 bits per heavy atom. The zero-order valence-corrected chi connectivity index (χ0v) is 14.9. The average Bonchev–Trinajstić information content (AvgIpc) is 3.28. The summed E-state index contributed by atoms with van der Waals surface area (Å²) in [5.74, 6) is 0.524. The summed E-state index contributed by atoms with van der Waals surface area (Å²) in [4.78, 5) is 17.7. The molecule has 3 aromatic rings. The summed E-state index contributed by atoms with van der Waals surface area (Å²) >= 11 is 3.14. The van der Waals surface area contributed by atoms with Crippen LogP contribution >= 0.6 is 22.7 Å². The minimum absolute atomic E-state index is 0.0504. The van der Waals surface area contributed by atoms with Gasteiger partial charge in [0.15, 0.2) is 6.61 Å². The Morgan fingerprint density at radius 3 is 3.04 bits per heavy atom. The summed E-state index contributed by atoms with van der Waals surface area (Å²) < 4.78 is 7.22. The average molecular weight is 370 g/mol. The first-order valence-corrected chi connectivity index (χ1v) is 9.29. The van der Waals surface area contributed by atoms with Gasteiger partial charge in [0.2, 0.25) is 4.80 Å². The molecule has 25 heavy (non-hydrogen) atoms.